The fourth-order valence-electron chi connectivity index (χ4n) is 12.1. The lowest BCUT2D eigenvalue weighted by Gasteiger charge is -2.28. The van der Waals surface area contributed by atoms with Crippen LogP contribution in [0.25, 0.3) is 114 Å². The third-order valence-electron chi connectivity index (χ3n) is 15.6. The predicted octanol–water partition coefficient (Wildman–Crippen LogP) is 19.0. The zero-order chi connectivity index (χ0) is 49.1. The summed E-state index contributed by atoms with van der Waals surface area (Å²) in [4.78, 5) is 13.5. The van der Waals surface area contributed by atoms with Gasteiger partial charge in [-0.15, -0.1) is 11.3 Å². The highest BCUT2D eigenvalue weighted by Gasteiger charge is 2.36. The van der Waals surface area contributed by atoms with Crippen molar-refractivity contribution < 1.29 is 0 Å². The van der Waals surface area contributed by atoms with Gasteiger partial charge in [-0.2, -0.15) is 0 Å². The molecule has 0 radical (unpaired) electrons. The Morgan fingerprint density at radius 1 is 0.405 bits per heavy atom. The topological polar surface area (TPSA) is 34.0 Å². The summed E-state index contributed by atoms with van der Waals surface area (Å²) in [6.45, 7) is 4.74. The maximum absolute atomic E-state index is 5.51. The SMILES string of the molecule is CC1(C)c2ccccc2-c2ccc(N(c3ccc(-c4ccccc4)cc3)c3cccc4c3sc3c5ccccc5c5c(c43)c3c4ccccc4ccc3n5-c3nc(-c4ccccc4)cc(-c4ccccc4)n3)cc21. The fraction of sp³-hybridized carbons (Fsp3) is 0.0435. The molecule has 1 aliphatic carbocycles. The molecule has 3 aromatic heterocycles. The van der Waals surface area contributed by atoms with Gasteiger partial charge in [0, 0.05) is 64.9 Å². The van der Waals surface area contributed by atoms with Crippen LogP contribution in [0.1, 0.15) is 25.0 Å². The van der Waals surface area contributed by atoms with Gasteiger partial charge >= 0.3 is 0 Å². The van der Waals surface area contributed by atoms with Crippen molar-refractivity contribution in [2.75, 3.05) is 4.90 Å². The molecule has 0 aliphatic heterocycles. The Hall–Kier alpha value is -9.16. The van der Waals surface area contributed by atoms with Gasteiger partial charge in [-0.05, 0) is 86.6 Å². The molecule has 0 saturated carbocycles. The highest BCUT2D eigenvalue weighted by molar-refractivity contribution is 7.27. The second-order valence-corrected chi connectivity index (χ2v) is 21.1. The molecule has 3 heterocycles. The predicted molar refractivity (Wildman–Crippen MR) is 313 cm³/mol. The Morgan fingerprint density at radius 2 is 0.986 bits per heavy atom. The lowest BCUT2D eigenvalue weighted by atomic mass is 9.82. The monoisotopic (exact) mass is 962 g/mol. The first-order valence-corrected chi connectivity index (χ1v) is 26.2. The van der Waals surface area contributed by atoms with E-state index in [2.05, 4.69) is 266 Å². The minimum Gasteiger partial charge on any atom is -0.309 e. The quantitative estimate of drug-likeness (QED) is 0.160. The number of thiophene rings is 1. The van der Waals surface area contributed by atoms with E-state index >= 15 is 0 Å². The maximum atomic E-state index is 5.51. The highest BCUT2D eigenvalue weighted by atomic mass is 32.1. The van der Waals surface area contributed by atoms with Crippen LogP contribution >= 0.6 is 11.3 Å². The molecule has 14 aromatic rings. The zero-order valence-electron chi connectivity index (χ0n) is 40.8. The van der Waals surface area contributed by atoms with Gasteiger partial charge < -0.3 is 4.90 Å². The summed E-state index contributed by atoms with van der Waals surface area (Å²) < 4.78 is 4.84. The van der Waals surface area contributed by atoms with Gasteiger partial charge in [0.25, 0.3) is 0 Å². The molecule has 0 saturated heterocycles. The molecule has 0 amide bonds. The van der Waals surface area contributed by atoms with Crippen molar-refractivity contribution in [1.29, 1.82) is 0 Å². The first kappa shape index (κ1) is 42.5. The highest BCUT2D eigenvalue weighted by Crippen LogP contribution is 2.54. The van der Waals surface area contributed by atoms with Crippen LogP contribution in [0.15, 0.2) is 243 Å². The molecule has 1 aliphatic rings. The van der Waals surface area contributed by atoms with Crippen molar-refractivity contribution in [2.24, 2.45) is 0 Å². The summed E-state index contributed by atoms with van der Waals surface area (Å²) in [7, 11) is 0. The van der Waals surface area contributed by atoms with Gasteiger partial charge in [-0.3, -0.25) is 4.57 Å². The number of hydrogen-bond donors (Lipinski definition) is 0. The average molecular weight is 963 g/mol. The van der Waals surface area contributed by atoms with Crippen molar-refractivity contribution in [3.05, 3.63) is 254 Å². The first-order chi connectivity index (χ1) is 36.5. The molecule has 0 unspecified atom stereocenters. The zero-order valence-corrected chi connectivity index (χ0v) is 41.6. The lowest BCUT2D eigenvalue weighted by molar-refractivity contribution is 0.660. The maximum Gasteiger partial charge on any atom is 0.235 e. The normalized spacial score (nSPS) is 12.8. The summed E-state index contributed by atoms with van der Waals surface area (Å²) in [6, 6.07) is 88.2. The standard InChI is InChI=1S/C69H46N4S/c1-69(2)56-31-17-16-27-51(56)52-39-38-49(41-57(52)69)72(48-36-33-44(34-37-48)43-19-6-3-7-20-43)61-32-18-30-55-63-64-62-50-26-13-12-21-45(50)35-40-60(62)73(65(64)53-28-14-15-29-54(53)67(63)74-66(55)61)68-70-58(46-22-8-4-9-23-46)42-59(71-68)47-24-10-5-11-25-47/h3-42H,1-2H3. The molecular formula is C69H46N4S. The van der Waals surface area contributed by atoms with Crippen LogP contribution in [0.4, 0.5) is 17.1 Å². The molecular weight excluding hydrogens is 917 g/mol. The van der Waals surface area contributed by atoms with E-state index in [1.54, 1.807) is 0 Å². The van der Waals surface area contributed by atoms with Gasteiger partial charge in [0.05, 0.1) is 32.8 Å². The molecule has 11 aromatic carbocycles. The molecule has 15 rings (SSSR count). The van der Waals surface area contributed by atoms with E-state index in [0.29, 0.717) is 5.95 Å². The molecule has 74 heavy (non-hydrogen) atoms. The second-order valence-electron chi connectivity index (χ2n) is 20.1. The van der Waals surface area contributed by atoms with Crippen molar-refractivity contribution in [2.45, 2.75) is 19.3 Å². The van der Waals surface area contributed by atoms with Crippen molar-refractivity contribution in [3.8, 4) is 50.7 Å². The van der Waals surface area contributed by atoms with E-state index in [1.807, 2.05) is 11.3 Å². The summed E-state index contributed by atoms with van der Waals surface area (Å²) in [5.41, 5.74) is 16.9. The molecule has 0 atom stereocenters. The van der Waals surface area contributed by atoms with Crippen LogP contribution in [0.5, 0.6) is 0 Å². The smallest absolute Gasteiger partial charge is 0.235 e. The molecule has 0 bridgehead atoms. The van der Waals surface area contributed by atoms with Crippen LogP contribution < -0.4 is 4.90 Å². The van der Waals surface area contributed by atoms with E-state index in [-0.39, 0.29) is 5.41 Å². The minimum absolute atomic E-state index is 0.165. The lowest BCUT2D eigenvalue weighted by Crippen LogP contribution is -2.16. The van der Waals surface area contributed by atoms with E-state index in [1.165, 1.54) is 80.5 Å². The number of benzene rings is 11. The van der Waals surface area contributed by atoms with Crippen LogP contribution in [-0.2, 0) is 5.41 Å². The average Bonchev–Trinajstić information content (AvgIpc) is 4.11. The number of rotatable bonds is 7. The molecule has 4 nitrogen and oxygen atoms in total. The number of anilines is 3. The Labute approximate surface area is 432 Å². The summed E-state index contributed by atoms with van der Waals surface area (Å²) in [5, 5.41) is 9.62. The Morgan fingerprint density at radius 3 is 1.72 bits per heavy atom. The molecule has 0 fully saturated rings. The van der Waals surface area contributed by atoms with E-state index in [0.717, 1.165) is 56.0 Å². The summed E-state index contributed by atoms with van der Waals surface area (Å²) in [5.74, 6) is 0.636. The van der Waals surface area contributed by atoms with Crippen LogP contribution in [0.3, 0.4) is 0 Å². The van der Waals surface area contributed by atoms with E-state index in [4.69, 9.17) is 9.97 Å². The molecule has 5 heteroatoms. The van der Waals surface area contributed by atoms with Gasteiger partial charge in [0.15, 0.2) is 0 Å². The Kier molecular flexibility index (Phi) is 9.44. The molecule has 348 valence electrons. The summed E-state index contributed by atoms with van der Waals surface area (Å²) >= 11 is 1.90. The Balaban J connectivity index is 1.05. The van der Waals surface area contributed by atoms with Gasteiger partial charge in [-0.1, -0.05) is 214 Å². The minimum atomic E-state index is -0.165. The molecule has 0 spiro atoms. The van der Waals surface area contributed by atoms with E-state index < -0.39 is 0 Å². The molecule has 0 N–H and O–H groups in total. The first-order valence-electron chi connectivity index (χ1n) is 25.4. The van der Waals surface area contributed by atoms with Gasteiger partial charge in [-0.25, -0.2) is 9.97 Å². The second kappa shape index (κ2) is 16.4. The largest absolute Gasteiger partial charge is 0.309 e. The van der Waals surface area contributed by atoms with Gasteiger partial charge in [0.1, 0.15) is 0 Å². The van der Waals surface area contributed by atoms with Crippen LogP contribution in [0, 0.1) is 0 Å². The third-order valence-corrected chi connectivity index (χ3v) is 16.8. The van der Waals surface area contributed by atoms with Crippen molar-refractivity contribution in [1.82, 2.24) is 14.5 Å². The third kappa shape index (κ3) is 6.40. The van der Waals surface area contributed by atoms with Crippen LogP contribution in [-0.4, -0.2) is 14.5 Å². The van der Waals surface area contributed by atoms with Crippen LogP contribution in [0.2, 0.25) is 0 Å². The van der Waals surface area contributed by atoms with Crippen molar-refractivity contribution in [3.63, 3.8) is 0 Å². The number of aromatic nitrogens is 3. The number of fused-ring (bicyclic) bond motifs is 15. The van der Waals surface area contributed by atoms with E-state index in [9.17, 15) is 0 Å². The summed E-state index contributed by atoms with van der Waals surface area (Å²) in [6.07, 6.45) is 0. The van der Waals surface area contributed by atoms with Gasteiger partial charge in [0.2, 0.25) is 5.95 Å². The fourth-order valence-corrected chi connectivity index (χ4v) is 13.5. The number of hydrogen-bond acceptors (Lipinski definition) is 4. The van der Waals surface area contributed by atoms with Crippen molar-refractivity contribution >= 4 is 91.9 Å². The number of nitrogens with zero attached hydrogens (tertiary/aromatic N) is 4. The Bertz CT molecular complexity index is 4500.